The van der Waals surface area contributed by atoms with E-state index in [0.717, 1.165) is 30.9 Å². The minimum absolute atomic E-state index is 0. The molecule has 1 atom stereocenters. The van der Waals surface area contributed by atoms with Gasteiger partial charge in [-0.15, -0.1) is 24.0 Å². The van der Waals surface area contributed by atoms with E-state index in [9.17, 15) is 4.79 Å². The van der Waals surface area contributed by atoms with Crippen molar-refractivity contribution in [1.82, 2.24) is 10.2 Å². The van der Waals surface area contributed by atoms with Crippen LogP contribution in [0.5, 0.6) is 17.2 Å². The van der Waals surface area contributed by atoms with E-state index in [1.807, 2.05) is 19.1 Å². The van der Waals surface area contributed by atoms with Crippen molar-refractivity contribution in [2.75, 3.05) is 48.1 Å². The second-order valence-electron chi connectivity index (χ2n) is 6.45. The van der Waals surface area contributed by atoms with E-state index in [1.54, 1.807) is 28.4 Å². The maximum absolute atomic E-state index is 12.1. The van der Waals surface area contributed by atoms with E-state index < -0.39 is 0 Å². The fourth-order valence-electron chi connectivity index (χ4n) is 3.37. The van der Waals surface area contributed by atoms with Crippen LogP contribution in [0, 0.1) is 5.92 Å². The molecule has 1 aliphatic rings. The van der Waals surface area contributed by atoms with Gasteiger partial charge in [0.05, 0.1) is 46.0 Å². The highest BCUT2D eigenvalue weighted by Gasteiger charge is 2.28. The number of piperidine rings is 1. The summed E-state index contributed by atoms with van der Waals surface area (Å²) in [5, 5.41) is 3.36. The van der Waals surface area contributed by atoms with Crippen LogP contribution in [0.2, 0.25) is 0 Å². The lowest BCUT2D eigenvalue weighted by atomic mass is 9.98. The van der Waals surface area contributed by atoms with Crippen molar-refractivity contribution in [2.24, 2.45) is 10.9 Å². The second kappa shape index (κ2) is 12.6. The minimum atomic E-state index is -0.138. The number of carbonyl (C=O) groups excluding carboxylic acids is 1. The van der Waals surface area contributed by atoms with Crippen LogP contribution in [-0.4, -0.2) is 64.9 Å². The Morgan fingerprint density at radius 1 is 1.21 bits per heavy atom. The Kier molecular flexibility index (Phi) is 10.9. The molecule has 9 heteroatoms. The predicted octanol–water partition coefficient (Wildman–Crippen LogP) is 2.68. The molecule has 1 aromatic carbocycles. The number of benzene rings is 1. The Labute approximate surface area is 189 Å². The van der Waals surface area contributed by atoms with Gasteiger partial charge in [0.25, 0.3) is 0 Å². The van der Waals surface area contributed by atoms with E-state index in [-0.39, 0.29) is 35.9 Å². The van der Waals surface area contributed by atoms with Gasteiger partial charge in [-0.1, -0.05) is 0 Å². The lowest BCUT2D eigenvalue weighted by Crippen LogP contribution is -2.48. The average molecular weight is 521 g/mol. The van der Waals surface area contributed by atoms with Crippen molar-refractivity contribution >= 4 is 35.9 Å². The van der Waals surface area contributed by atoms with E-state index in [2.05, 4.69) is 15.2 Å². The molecule has 0 saturated carbocycles. The smallest absolute Gasteiger partial charge is 0.310 e. The van der Waals surface area contributed by atoms with E-state index in [0.29, 0.717) is 36.9 Å². The molecule has 164 valence electrons. The molecule has 0 bridgehead atoms. The minimum Gasteiger partial charge on any atom is -0.496 e. The number of hydrogen-bond donors (Lipinski definition) is 1. The molecular formula is C20H32IN3O5. The number of ether oxygens (including phenoxy) is 4. The molecule has 0 spiro atoms. The van der Waals surface area contributed by atoms with Gasteiger partial charge >= 0.3 is 5.97 Å². The lowest BCUT2D eigenvalue weighted by Gasteiger charge is -2.34. The third-order valence-electron chi connectivity index (χ3n) is 4.79. The van der Waals surface area contributed by atoms with Crippen LogP contribution in [0.1, 0.15) is 25.3 Å². The van der Waals surface area contributed by atoms with Crippen LogP contribution in [-0.2, 0) is 16.1 Å². The highest BCUT2D eigenvalue weighted by Crippen LogP contribution is 2.34. The molecular weight excluding hydrogens is 489 g/mol. The number of nitrogens with zero attached hydrogens (tertiary/aromatic N) is 2. The molecule has 1 heterocycles. The maximum Gasteiger partial charge on any atom is 0.310 e. The number of rotatable bonds is 7. The van der Waals surface area contributed by atoms with Crippen molar-refractivity contribution < 1.29 is 23.7 Å². The quantitative estimate of drug-likeness (QED) is 0.256. The van der Waals surface area contributed by atoms with Crippen molar-refractivity contribution in [1.29, 1.82) is 0 Å². The number of esters is 1. The number of carbonyl (C=O) groups is 1. The predicted molar refractivity (Wildman–Crippen MR) is 123 cm³/mol. The summed E-state index contributed by atoms with van der Waals surface area (Å²) in [6.07, 6.45) is 1.76. The van der Waals surface area contributed by atoms with Crippen molar-refractivity contribution in [3.63, 3.8) is 0 Å². The number of halogens is 1. The monoisotopic (exact) mass is 521 g/mol. The SMILES string of the molecule is CCOC(=O)C1CCCN(C(=NC)NCc2c(OC)cc(OC)cc2OC)C1.I. The Morgan fingerprint density at radius 2 is 1.86 bits per heavy atom. The molecule has 0 amide bonds. The molecule has 1 fully saturated rings. The van der Waals surface area contributed by atoms with Crippen LogP contribution >= 0.6 is 24.0 Å². The van der Waals surface area contributed by atoms with Crippen LogP contribution in [0.25, 0.3) is 0 Å². The second-order valence-corrected chi connectivity index (χ2v) is 6.45. The van der Waals surface area contributed by atoms with Crippen LogP contribution < -0.4 is 19.5 Å². The van der Waals surface area contributed by atoms with E-state index in [4.69, 9.17) is 18.9 Å². The van der Waals surface area contributed by atoms with Gasteiger partial charge in [0.1, 0.15) is 17.2 Å². The highest BCUT2D eigenvalue weighted by atomic mass is 127. The van der Waals surface area contributed by atoms with Crippen molar-refractivity contribution in [3.8, 4) is 17.2 Å². The third-order valence-corrected chi connectivity index (χ3v) is 4.79. The number of likely N-dealkylation sites (tertiary alicyclic amines) is 1. The molecule has 1 N–H and O–H groups in total. The Morgan fingerprint density at radius 3 is 2.38 bits per heavy atom. The summed E-state index contributed by atoms with van der Waals surface area (Å²) in [6.45, 7) is 4.12. The zero-order valence-corrected chi connectivity index (χ0v) is 20.1. The van der Waals surface area contributed by atoms with Crippen LogP contribution in [0.3, 0.4) is 0 Å². The number of hydrogen-bond acceptors (Lipinski definition) is 6. The molecule has 29 heavy (non-hydrogen) atoms. The molecule has 8 nitrogen and oxygen atoms in total. The van der Waals surface area contributed by atoms with Gasteiger partial charge in [-0.25, -0.2) is 0 Å². The molecule has 0 aliphatic carbocycles. The fraction of sp³-hybridized carbons (Fsp3) is 0.600. The first-order valence-electron chi connectivity index (χ1n) is 9.49. The van der Waals surface area contributed by atoms with Gasteiger partial charge in [0, 0.05) is 32.3 Å². The van der Waals surface area contributed by atoms with Gasteiger partial charge in [0.15, 0.2) is 5.96 Å². The summed E-state index contributed by atoms with van der Waals surface area (Å²) in [7, 11) is 6.56. The Balaban J connectivity index is 0.00000420. The zero-order valence-electron chi connectivity index (χ0n) is 17.8. The van der Waals surface area contributed by atoms with E-state index >= 15 is 0 Å². The van der Waals surface area contributed by atoms with Gasteiger partial charge in [-0.2, -0.15) is 0 Å². The highest BCUT2D eigenvalue weighted by molar-refractivity contribution is 14.0. The Hall–Kier alpha value is -1.91. The number of methoxy groups -OCH3 is 3. The summed E-state index contributed by atoms with van der Waals surface area (Å²) in [5.41, 5.74) is 0.867. The fourth-order valence-corrected chi connectivity index (χ4v) is 3.37. The van der Waals surface area contributed by atoms with Crippen LogP contribution in [0.15, 0.2) is 17.1 Å². The average Bonchev–Trinajstić information content (AvgIpc) is 2.74. The Bertz CT molecular complexity index is 674. The molecule has 0 aromatic heterocycles. The summed E-state index contributed by atoms with van der Waals surface area (Å²) in [4.78, 5) is 18.6. The van der Waals surface area contributed by atoms with Crippen molar-refractivity contribution in [3.05, 3.63) is 17.7 Å². The summed E-state index contributed by atoms with van der Waals surface area (Å²) >= 11 is 0. The summed E-state index contributed by atoms with van der Waals surface area (Å²) < 4.78 is 21.5. The van der Waals surface area contributed by atoms with Gasteiger partial charge in [-0.05, 0) is 19.8 Å². The van der Waals surface area contributed by atoms with E-state index in [1.165, 1.54) is 0 Å². The zero-order chi connectivity index (χ0) is 20.5. The van der Waals surface area contributed by atoms with Gasteiger partial charge in [0.2, 0.25) is 0 Å². The molecule has 1 saturated heterocycles. The summed E-state index contributed by atoms with van der Waals surface area (Å²) in [6, 6.07) is 3.64. The molecule has 1 unspecified atom stereocenters. The summed E-state index contributed by atoms with van der Waals surface area (Å²) in [5.74, 6) is 2.46. The largest absolute Gasteiger partial charge is 0.496 e. The number of nitrogens with one attached hydrogen (secondary N) is 1. The first kappa shape index (κ1) is 25.1. The maximum atomic E-state index is 12.1. The molecule has 1 aliphatic heterocycles. The van der Waals surface area contributed by atoms with Crippen molar-refractivity contribution in [2.45, 2.75) is 26.3 Å². The first-order chi connectivity index (χ1) is 13.6. The molecule has 0 radical (unpaired) electrons. The van der Waals surface area contributed by atoms with Gasteiger partial charge < -0.3 is 29.2 Å². The molecule has 2 rings (SSSR count). The van der Waals surface area contributed by atoms with Crippen LogP contribution in [0.4, 0.5) is 0 Å². The number of aliphatic imine (C=N–C) groups is 1. The normalized spacial score (nSPS) is 16.5. The molecule has 1 aromatic rings. The lowest BCUT2D eigenvalue weighted by molar-refractivity contribution is -0.149. The topological polar surface area (TPSA) is 81.6 Å². The third kappa shape index (κ3) is 6.55. The standard InChI is InChI=1S/C20H31N3O5.HI/c1-6-28-19(24)14-8-7-9-23(13-14)20(21-2)22-12-16-17(26-4)10-15(25-3)11-18(16)27-5;/h10-11,14H,6-9,12-13H2,1-5H3,(H,21,22);1H. The first-order valence-corrected chi connectivity index (χ1v) is 9.49. The van der Waals surface area contributed by atoms with Gasteiger partial charge in [-0.3, -0.25) is 9.79 Å². The number of guanidine groups is 1.